The van der Waals surface area contributed by atoms with Gasteiger partial charge in [0.1, 0.15) is 23.5 Å². The van der Waals surface area contributed by atoms with Gasteiger partial charge in [-0.15, -0.1) is 0 Å². The Kier molecular flexibility index (Phi) is 7.56. The van der Waals surface area contributed by atoms with Crippen LogP contribution in [0.1, 0.15) is 23.7 Å². The summed E-state index contributed by atoms with van der Waals surface area (Å²) in [5, 5.41) is 0.822. The molecule has 1 amide bonds. The van der Waals surface area contributed by atoms with E-state index >= 15 is 0 Å². The highest BCUT2D eigenvalue weighted by molar-refractivity contribution is 7.74. The number of amides is 1. The molecule has 1 unspecified atom stereocenters. The van der Waals surface area contributed by atoms with Gasteiger partial charge in [0.2, 0.25) is 11.8 Å². The van der Waals surface area contributed by atoms with Crippen molar-refractivity contribution in [3.8, 4) is 22.8 Å². The molecule has 1 aliphatic heterocycles. The SMILES string of the molecule is C=CC(=O)N1CCC(c2c(-c3ccc(Oc4cccc(C)n4)cc3)c3c(N)ncnc3n2C)C1.OS. The van der Waals surface area contributed by atoms with Gasteiger partial charge in [0.15, 0.2) is 0 Å². The number of thiol groups is 1. The maximum Gasteiger partial charge on any atom is 0.245 e. The summed E-state index contributed by atoms with van der Waals surface area (Å²) in [6, 6.07) is 13.5. The smallest absolute Gasteiger partial charge is 0.245 e. The molecular formula is C26H28N6O3S. The van der Waals surface area contributed by atoms with Gasteiger partial charge in [0.25, 0.3) is 0 Å². The average molecular weight is 505 g/mol. The number of aryl methyl sites for hydroxylation is 2. The molecule has 9 nitrogen and oxygen atoms in total. The van der Waals surface area contributed by atoms with Crippen LogP contribution in [0.25, 0.3) is 22.2 Å². The second kappa shape index (κ2) is 10.8. The molecule has 186 valence electrons. The van der Waals surface area contributed by atoms with Gasteiger partial charge in [-0.2, -0.15) is 0 Å². The Labute approximate surface area is 214 Å². The van der Waals surface area contributed by atoms with Crippen LogP contribution in [0, 0.1) is 6.92 Å². The number of nitrogen functional groups attached to an aromatic ring is 1. The summed E-state index contributed by atoms with van der Waals surface area (Å²) >= 11 is 2.53. The molecule has 3 N–H and O–H groups in total. The molecule has 0 radical (unpaired) electrons. The summed E-state index contributed by atoms with van der Waals surface area (Å²) in [6.45, 7) is 6.86. The number of hydrogen-bond donors (Lipinski definition) is 3. The Bertz CT molecular complexity index is 1400. The number of aromatic nitrogens is 4. The predicted molar refractivity (Wildman–Crippen MR) is 143 cm³/mol. The van der Waals surface area contributed by atoms with Gasteiger partial charge in [-0.3, -0.25) is 4.79 Å². The van der Waals surface area contributed by atoms with E-state index in [1.165, 1.54) is 12.4 Å². The summed E-state index contributed by atoms with van der Waals surface area (Å²) in [5.41, 5.74) is 11.1. The van der Waals surface area contributed by atoms with E-state index in [2.05, 4.69) is 39.0 Å². The van der Waals surface area contributed by atoms with E-state index in [0.717, 1.165) is 40.0 Å². The molecule has 3 aromatic heterocycles. The lowest BCUT2D eigenvalue weighted by Gasteiger charge is -2.17. The van der Waals surface area contributed by atoms with E-state index in [4.69, 9.17) is 15.0 Å². The molecule has 10 heteroatoms. The minimum atomic E-state index is -0.0478. The number of nitrogens with zero attached hydrogens (tertiary/aromatic N) is 5. The van der Waals surface area contributed by atoms with Crippen molar-refractivity contribution in [2.24, 2.45) is 7.05 Å². The highest BCUT2D eigenvalue weighted by Crippen LogP contribution is 2.42. The van der Waals surface area contributed by atoms with Crippen LogP contribution in [-0.4, -0.2) is 48.0 Å². The van der Waals surface area contributed by atoms with Crippen LogP contribution < -0.4 is 10.5 Å². The summed E-state index contributed by atoms with van der Waals surface area (Å²) in [4.78, 5) is 27.2. The van der Waals surface area contributed by atoms with E-state index in [1.54, 1.807) is 0 Å². The lowest BCUT2D eigenvalue weighted by atomic mass is 9.94. The van der Waals surface area contributed by atoms with Gasteiger partial charge in [-0.25, -0.2) is 15.0 Å². The molecule has 1 atom stereocenters. The second-order valence-corrected chi connectivity index (χ2v) is 8.49. The molecule has 1 fully saturated rings. The van der Waals surface area contributed by atoms with E-state index in [-0.39, 0.29) is 11.8 Å². The summed E-state index contributed by atoms with van der Waals surface area (Å²) in [7, 11) is 1.99. The lowest BCUT2D eigenvalue weighted by Crippen LogP contribution is -2.26. The topological polar surface area (TPSA) is 119 Å². The number of fused-ring (bicyclic) bond motifs is 1. The largest absolute Gasteiger partial charge is 0.439 e. The van der Waals surface area contributed by atoms with E-state index in [1.807, 2.05) is 61.3 Å². The predicted octanol–water partition coefficient (Wildman–Crippen LogP) is 4.60. The zero-order chi connectivity index (χ0) is 25.8. The fourth-order valence-electron chi connectivity index (χ4n) is 4.76. The molecule has 1 saturated heterocycles. The fraction of sp³-hybridized carbons (Fsp3) is 0.231. The normalized spacial score (nSPS) is 14.9. The highest BCUT2D eigenvalue weighted by Gasteiger charge is 2.32. The van der Waals surface area contributed by atoms with Crippen LogP contribution in [-0.2, 0) is 11.8 Å². The van der Waals surface area contributed by atoms with Gasteiger partial charge >= 0.3 is 0 Å². The van der Waals surface area contributed by atoms with Crippen molar-refractivity contribution >= 4 is 35.7 Å². The molecular weight excluding hydrogens is 476 g/mol. The molecule has 4 heterocycles. The van der Waals surface area contributed by atoms with Crippen molar-refractivity contribution in [2.45, 2.75) is 19.3 Å². The Morgan fingerprint density at radius 1 is 1.22 bits per heavy atom. The zero-order valence-electron chi connectivity index (χ0n) is 20.1. The van der Waals surface area contributed by atoms with Gasteiger partial charge in [0.05, 0.1) is 5.39 Å². The number of likely N-dealkylation sites (tertiary alicyclic amines) is 1. The van der Waals surface area contributed by atoms with Crippen LogP contribution in [0.2, 0.25) is 0 Å². The third-order valence-corrected chi connectivity index (χ3v) is 6.33. The molecule has 1 aliphatic rings. The first kappa shape index (κ1) is 25.2. The lowest BCUT2D eigenvalue weighted by molar-refractivity contribution is -0.125. The monoisotopic (exact) mass is 504 g/mol. The van der Waals surface area contributed by atoms with Gasteiger partial charge in [0, 0.05) is 49.1 Å². The summed E-state index contributed by atoms with van der Waals surface area (Å²) in [6.07, 6.45) is 3.71. The molecule has 0 spiro atoms. The van der Waals surface area contributed by atoms with E-state index in [9.17, 15) is 4.79 Å². The van der Waals surface area contributed by atoms with Gasteiger partial charge in [-0.05, 0) is 56.1 Å². The quantitative estimate of drug-likeness (QED) is 0.206. The number of anilines is 1. The third-order valence-electron chi connectivity index (χ3n) is 6.33. The number of nitrogens with two attached hydrogens (primary N) is 1. The van der Waals surface area contributed by atoms with Crippen molar-refractivity contribution in [1.29, 1.82) is 0 Å². The number of carbonyl (C=O) groups excluding carboxylic acids is 1. The van der Waals surface area contributed by atoms with Crippen LogP contribution in [0.15, 0.2) is 61.4 Å². The molecule has 0 saturated carbocycles. The first-order valence-corrected chi connectivity index (χ1v) is 11.8. The molecule has 4 aromatic rings. The Morgan fingerprint density at radius 2 is 1.97 bits per heavy atom. The Balaban J connectivity index is 0.00000148. The van der Waals surface area contributed by atoms with Gasteiger partial charge in [-0.1, -0.05) is 24.8 Å². The third kappa shape index (κ3) is 4.77. The zero-order valence-corrected chi connectivity index (χ0v) is 21.0. The first-order valence-electron chi connectivity index (χ1n) is 11.4. The number of carbonyl (C=O) groups is 1. The first-order chi connectivity index (χ1) is 17.5. The van der Waals surface area contributed by atoms with Crippen LogP contribution in [0.3, 0.4) is 0 Å². The number of benzene rings is 1. The van der Waals surface area contributed by atoms with E-state index < -0.39 is 0 Å². The van der Waals surface area contributed by atoms with E-state index in [0.29, 0.717) is 30.5 Å². The molecule has 0 bridgehead atoms. The maximum atomic E-state index is 12.2. The second-order valence-electron chi connectivity index (χ2n) is 8.49. The average Bonchev–Trinajstić information content (AvgIpc) is 3.49. The highest BCUT2D eigenvalue weighted by atomic mass is 32.1. The number of pyridine rings is 1. The Morgan fingerprint density at radius 3 is 2.67 bits per heavy atom. The van der Waals surface area contributed by atoms with Crippen LogP contribution >= 0.6 is 12.9 Å². The van der Waals surface area contributed by atoms with Gasteiger partial charge < -0.3 is 24.5 Å². The van der Waals surface area contributed by atoms with Crippen LogP contribution in [0.4, 0.5) is 5.82 Å². The fourth-order valence-corrected chi connectivity index (χ4v) is 4.76. The van der Waals surface area contributed by atoms with Crippen molar-refractivity contribution < 1.29 is 14.1 Å². The Hall–Kier alpha value is -3.89. The number of ether oxygens (including phenoxy) is 1. The minimum Gasteiger partial charge on any atom is -0.439 e. The van der Waals surface area contributed by atoms with Crippen molar-refractivity contribution in [3.63, 3.8) is 0 Å². The molecule has 1 aromatic carbocycles. The maximum absolute atomic E-state index is 12.2. The number of rotatable bonds is 5. The van der Waals surface area contributed by atoms with Crippen molar-refractivity contribution in [3.05, 3.63) is 72.8 Å². The van der Waals surface area contributed by atoms with Crippen LogP contribution in [0.5, 0.6) is 11.6 Å². The molecule has 0 aliphatic carbocycles. The molecule has 5 rings (SSSR count). The summed E-state index contributed by atoms with van der Waals surface area (Å²) in [5.74, 6) is 1.77. The minimum absolute atomic E-state index is 0.0478. The molecule has 36 heavy (non-hydrogen) atoms. The number of hydrogen-bond acceptors (Lipinski definition) is 8. The van der Waals surface area contributed by atoms with Crippen molar-refractivity contribution in [2.75, 3.05) is 18.8 Å². The summed E-state index contributed by atoms with van der Waals surface area (Å²) < 4.78 is 14.7. The van der Waals surface area contributed by atoms with Crippen molar-refractivity contribution in [1.82, 2.24) is 24.4 Å². The standard InChI is InChI=1S/C26H26N6O2.H2OS/c1-4-21(33)32-13-12-18(14-32)24-22(23-25(27)28-15-29-26(23)31(24)3)17-8-10-19(11-9-17)34-20-7-5-6-16(2)30-20;1-2/h4-11,15,18H,1,12-14H2,2-3H3,(H2,27,28,29);1-2H.